The fourth-order valence-corrected chi connectivity index (χ4v) is 5.50. The molecule has 210 valence electrons. The SMILES string of the molecule is COc1ccc(CN(C)C[C@H]2CN(CC#Cc3cccc4c3n(C)c(=O)n4C3CCC(=O)NC3=O)CCO2)cc1. The van der Waals surface area contributed by atoms with Gasteiger partial charge in [-0.05, 0) is 43.3 Å². The molecule has 2 aliphatic heterocycles. The van der Waals surface area contributed by atoms with Crippen molar-refractivity contribution in [2.75, 3.05) is 46.9 Å². The number of rotatable bonds is 7. The number of benzene rings is 2. The first-order chi connectivity index (χ1) is 19.3. The number of aryl methyl sites for hydroxylation is 1. The molecule has 1 unspecified atom stereocenters. The summed E-state index contributed by atoms with van der Waals surface area (Å²) in [5.74, 6) is 6.63. The monoisotopic (exact) mass is 545 g/mol. The topological polar surface area (TPSA) is 98.0 Å². The van der Waals surface area contributed by atoms with Crippen LogP contribution in [-0.4, -0.2) is 83.8 Å². The lowest BCUT2D eigenvalue weighted by Gasteiger charge is -2.33. The second-order valence-corrected chi connectivity index (χ2v) is 10.4. The van der Waals surface area contributed by atoms with Crippen molar-refractivity contribution in [1.29, 1.82) is 0 Å². The van der Waals surface area contributed by atoms with Crippen molar-refractivity contribution in [2.45, 2.75) is 31.5 Å². The van der Waals surface area contributed by atoms with E-state index < -0.39 is 11.9 Å². The number of hydrogen-bond donors (Lipinski definition) is 1. The zero-order chi connectivity index (χ0) is 28.2. The number of piperidine rings is 1. The number of fused-ring (bicyclic) bond motifs is 1. The summed E-state index contributed by atoms with van der Waals surface area (Å²) >= 11 is 0. The van der Waals surface area contributed by atoms with Gasteiger partial charge in [-0.2, -0.15) is 0 Å². The number of imidazole rings is 1. The highest BCUT2D eigenvalue weighted by Crippen LogP contribution is 2.24. The van der Waals surface area contributed by atoms with Crippen molar-refractivity contribution < 1.29 is 19.1 Å². The lowest BCUT2D eigenvalue weighted by atomic mass is 10.1. The predicted molar refractivity (Wildman–Crippen MR) is 151 cm³/mol. The van der Waals surface area contributed by atoms with Gasteiger partial charge >= 0.3 is 5.69 Å². The van der Waals surface area contributed by atoms with E-state index in [1.807, 2.05) is 30.3 Å². The summed E-state index contributed by atoms with van der Waals surface area (Å²) in [6.07, 6.45) is 0.592. The number of morpholine rings is 1. The fourth-order valence-electron chi connectivity index (χ4n) is 5.50. The molecule has 3 heterocycles. The van der Waals surface area contributed by atoms with Gasteiger partial charge in [-0.1, -0.05) is 30.0 Å². The zero-order valence-electron chi connectivity index (χ0n) is 23.2. The Labute approximate surface area is 233 Å². The highest BCUT2D eigenvalue weighted by Gasteiger charge is 2.31. The molecule has 0 saturated carbocycles. The molecule has 3 aromatic rings. The van der Waals surface area contributed by atoms with Crippen LogP contribution in [0.1, 0.15) is 30.0 Å². The summed E-state index contributed by atoms with van der Waals surface area (Å²) in [7, 11) is 5.45. The quantitative estimate of drug-likeness (QED) is 0.355. The molecule has 2 aromatic carbocycles. The van der Waals surface area contributed by atoms with Gasteiger partial charge in [0.2, 0.25) is 11.8 Å². The molecule has 2 aliphatic rings. The van der Waals surface area contributed by atoms with Crippen LogP contribution in [0.4, 0.5) is 0 Å². The first-order valence-electron chi connectivity index (χ1n) is 13.5. The number of carbonyl (C=O) groups excluding carboxylic acids is 2. The third-order valence-corrected chi connectivity index (χ3v) is 7.50. The minimum atomic E-state index is -0.717. The Bertz CT molecular complexity index is 1510. The van der Waals surface area contributed by atoms with E-state index >= 15 is 0 Å². The molecular formula is C30H35N5O5. The van der Waals surface area contributed by atoms with Gasteiger partial charge in [0.15, 0.2) is 0 Å². The Kier molecular flexibility index (Phi) is 8.35. The van der Waals surface area contributed by atoms with E-state index in [0.29, 0.717) is 30.6 Å². The minimum Gasteiger partial charge on any atom is -0.497 e. The van der Waals surface area contributed by atoms with Crippen LogP contribution in [0.5, 0.6) is 5.75 Å². The first-order valence-corrected chi connectivity index (χ1v) is 13.5. The Balaban J connectivity index is 1.24. The van der Waals surface area contributed by atoms with Crippen molar-refractivity contribution >= 4 is 22.8 Å². The van der Waals surface area contributed by atoms with Gasteiger partial charge in [0.25, 0.3) is 0 Å². The molecule has 2 atom stereocenters. The average molecular weight is 546 g/mol. The smallest absolute Gasteiger partial charge is 0.329 e. The van der Waals surface area contributed by atoms with E-state index in [1.54, 1.807) is 14.2 Å². The van der Waals surface area contributed by atoms with Crippen molar-refractivity contribution in [3.05, 3.63) is 64.1 Å². The number of nitrogens with zero attached hydrogens (tertiary/aromatic N) is 4. The van der Waals surface area contributed by atoms with Crippen LogP contribution >= 0.6 is 0 Å². The zero-order valence-corrected chi connectivity index (χ0v) is 23.2. The number of likely N-dealkylation sites (N-methyl/N-ethyl adjacent to an activating group) is 1. The molecule has 2 amide bonds. The molecule has 2 fully saturated rings. The molecule has 0 aliphatic carbocycles. The maximum Gasteiger partial charge on any atom is 0.329 e. The molecule has 0 radical (unpaired) electrons. The lowest BCUT2D eigenvalue weighted by molar-refractivity contribution is -0.135. The number of amides is 2. The number of ether oxygens (including phenoxy) is 2. The van der Waals surface area contributed by atoms with Crippen LogP contribution in [0, 0.1) is 11.8 Å². The summed E-state index contributed by atoms with van der Waals surface area (Å²) in [6.45, 7) is 4.47. The van der Waals surface area contributed by atoms with Crippen molar-refractivity contribution in [3.63, 3.8) is 0 Å². The Morgan fingerprint density at radius 2 is 1.95 bits per heavy atom. The molecular weight excluding hydrogens is 510 g/mol. The normalized spacial score (nSPS) is 19.9. The van der Waals surface area contributed by atoms with Gasteiger partial charge in [-0.25, -0.2) is 4.79 Å². The highest BCUT2D eigenvalue weighted by molar-refractivity contribution is 6.00. The molecule has 10 nitrogen and oxygen atoms in total. The fraction of sp³-hybridized carbons (Fsp3) is 0.433. The number of aromatic nitrogens is 2. The lowest BCUT2D eigenvalue weighted by Crippen LogP contribution is -2.46. The van der Waals surface area contributed by atoms with Crippen LogP contribution in [0.15, 0.2) is 47.3 Å². The summed E-state index contributed by atoms with van der Waals surface area (Å²) in [5.41, 5.74) is 2.97. The number of para-hydroxylation sites is 1. The average Bonchev–Trinajstić information content (AvgIpc) is 3.19. The van der Waals surface area contributed by atoms with Gasteiger partial charge in [-0.15, -0.1) is 0 Å². The van der Waals surface area contributed by atoms with Crippen LogP contribution in [-0.2, 0) is 27.9 Å². The third kappa shape index (κ3) is 5.97. The molecule has 1 N–H and O–H groups in total. The summed E-state index contributed by atoms with van der Waals surface area (Å²) < 4.78 is 14.3. The van der Waals surface area contributed by atoms with Crippen LogP contribution in [0.25, 0.3) is 11.0 Å². The number of methoxy groups -OCH3 is 1. The summed E-state index contributed by atoms with van der Waals surface area (Å²) in [5, 5.41) is 2.35. The molecule has 1 aromatic heterocycles. The van der Waals surface area contributed by atoms with E-state index in [0.717, 1.165) is 37.5 Å². The second-order valence-electron chi connectivity index (χ2n) is 10.4. The maximum absolute atomic E-state index is 13.1. The standard InChI is InChI=1S/C30H35N5O5/c1-32(18-21-9-11-23(39-3)12-10-21)19-24-20-34(16-17-40-24)15-5-7-22-6-4-8-25-28(22)33(2)30(38)35(25)26-13-14-27(36)31-29(26)37/h4,6,8-12,24,26H,13-20H2,1-3H3,(H,31,36,37)/t24-,26?/m0/s1. The van der Waals surface area contributed by atoms with Crippen LogP contribution < -0.4 is 15.7 Å². The van der Waals surface area contributed by atoms with Crippen molar-refractivity contribution in [1.82, 2.24) is 24.3 Å². The van der Waals surface area contributed by atoms with Gasteiger partial charge in [0.05, 0.1) is 43.0 Å². The minimum absolute atomic E-state index is 0.0885. The summed E-state index contributed by atoms with van der Waals surface area (Å²) in [4.78, 5) is 41.8. The van der Waals surface area contributed by atoms with Gasteiger partial charge in [0.1, 0.15) is 11.8 Å². The molecule has 40 heavy (non-hydrogen) atoms. The van der Waals surface area contributed by atoms with Crippen molar-refractivity contribution in [3.8, 4) is 17.6 Å². The van der Waals surface area contributed by atoms with E-state index in [-0.39, 0.29) is 24.1 Å². The van der Waals surface area contributed by atoms with E-state index in [4.69, 9.17) is 9.47 Å². The van der Waals surface area contributed by atoms with Crippen LogP contribution in [0.3, 0.4) is 0 Å². The van der Waals surface area contributed by atoms with E-state index in [1.165, 1.54) is 14.7 Å². The molecule has 0 bridgehead atoms. The number of hydrogen-bond acceptors (Lipinski definition) is 7. The van der Waals surface area contributed by atoms with Crippen molar-refractivity contribution in [2.24, 2.45) is 7.05 Å². The maximum atomic E-state index is 13.1. The largest absolute Gasteiger partial charge is 0.497 e. The van der Waals surface area contributed by atoms with Gasteiger partial charge < -0.3 is 9.47 Å². The molecule has 10 heteroatoms. The number of imide groups is 1. The van der Waals surface area contributed by atoms with Crippen LogP contribution in [0.2, 0.25) is 0 Å². The third-order valence-electron chi connectivity index (χ3n) is 7.50. The van der Waals surface area contributed by atoms with E-state index in [2.05, 4.69) is 46.1 Å². The Morgan fingerprint density at radius 3 is 2.70 bits per heavy atom. The van der Waals surface area contributed by atoms with Gasteiger partial charge in [0, 0.05) is 39.6 Å². The number of nitrogens with one attached hydrogen (secondary N) is 1. The molecule has 2 saturated heterocycles. The molecule has 5 rings (SSSR count). The second kappa shape index (κ2) is 12.1. The Hall–Kier alpha value is -3.91. The van der Waals surface area contributed by atoms with E-state index in [9.17, 15) is 14.4 Å². The number of carbonyl (C=O) groups is 2. The predicted octanol–water partition coefficient (Wildman–Crippen LogP) is 1.51. The highest BCUT2D eigenvalue weighted by atomic mass is 16.5. The Morgan fingerprint density at radius 1 is 1.15 bits per heavy atom. The van der Waals surface area contributed by atoms with Gasteiger partial charge in [-0.3, -0.25) is 33.8 Å². The first kappa shape index (κ1) is 27.6. The molecule has 0 spiro atoms. The summed E-state index contributed by atoms with van der Waals surface area (Å²) in [6, 6.07) is 12.9.